The number of hydrogen-bond donors (Lipinski definition) is 0. The molecule has 1 atom stereocenters. The molecule has 128 valence electrons. The number of likely N-dealkylation sites (tertiary alicyclic amines) is 1. The standard InChI is InChI=1S/C18H29N3O2/c1-14-19-17(20-23-14)9-7-16-11-12-21(13-16)18(22)10-8-15-5-3-2-4-6-15/h15-16H,2-13H2,1H3. The molecule has 0 bridgehead atoms. The molecule has 1 aliphatic carbocycles. The summed E-state index contributed by atoms with van der Waals surface area (Å²) in [5.74, 6) is 3.18. The van der Waals surface area contributed by atoms with E-state index < -0.39 is 0 Å². The summed E-state index contributed by atoms with van der Waals surface area (Å²) in [5, 5.41) is 3.95. The Morgan fingerprint density at radius 2 is 2.00 bits per heavy atom. The highest BCUT2D eigenvalue weighted by atomic mass is 16.5. The molecule has 2 fully saturated rings. The van der Waals surface area contributed by atoms with E-state index >= 15 is 0 Å². The minimum atomic E-state index is 0.369. The first kappa shape index (κ1) is 16.5. The summed E-state index contributed by atoms with van der Waals surface area (Å²) in [6, 6.07) is 0. The number of aryl methyl sites for hydroxylation is 2. The van der Waals surface area contributed by atoms with Crippen molar-refractivity contribution in [2.45, 2.75) is 71.1 Å². The zero-order valence-electron chi connectivity index (χ0n) is 14.3. The number of rotatable bonds is 6. The highest BCUT2D eigenvalue weighted by molar-refractivity contribution is 5.76. The molecular weight excluding hydrogens is 290 g/mol. The van der Waals surface area contributed by atoms with Crippen molar-refractivity contribution in [2.24, 2.45) is 11.8 Å². The first-order valence-electron chi connectivity index (χ1n) is 9.27. The minimum Gasteiger partial charge on any atom is -0.342 e. The van der Waals surface area contributed by atoms with Crippen LogP contribution in [0, 0.1) is 18.8 Å². The van der Waals surface area contributed by atoms with Gasteiger partial charge in [-0.05, 0) is 31.1 Å². The van der Waals surface area contributed by atoms with E-state index in [9.17, 15) is 4.79 Å². The number of carbonyl (C=O) groups is 1. The predicted octanol–water partition coefficient (Wildman–Crippen LogP) is 3.52. The minimum absolute atomic E-state index is 0.369. The van der Waals surface area contributed by atoms with Gasteiger partial charge in [-0.15, -0.1) is 0 Å². The number of nitrogens with zero attached hydrogens (tertiary/aromatic N) is 3. The van der Waals surface area contributed by atoms with Crippen molar-refractivity contribution in [3.8, 4) is 0 Å². The summed E-state index contributed by atoms with van der Waals surface area (Å²) in [4.78, 5) is 18.7. The molecular formula is C18H29N3O2. The Kier molecular flexibility index (Phi) is 5.68. The van der Waals surface area contributed by atoms with Crippen LogP contribution in [0.5, 0.6) is 0 Å². The highest BCUT2D eigenvalue weighted by Gasteiger charge is 2.26. The molecule has 1 aromatic rings. The summed E-state index contributed by atoms with van der Waals surface area (Å²) in [5.41, 5.74) is 0. The predicted molar refractivity (Wildman–Crippen MR) is 87.9 cm³/mol. The Morgan fingerprint density at radius 3 is 2.74 bits per heavy atom. The normalized spacial score (nSPS) is 22.7. The lowest BCUT2D eigenvalue weighted by atomic mass is 9.86. The molecule has 1 saturated carbocycles. The van der Waals surface area contributed by atoms with Crippen molar-refractivity contribution in [3.63, 3.8) is 0 Å². The van der Waals surface area contributed by atoms with Crippen molar-refractivity contribution in [1.82, 2.24) is 15.0 Å². The van der Waals surface area contributed by atoms with Crippen molar-refractivity contribution in [3.05, 3.63) is 11.7 Å². The third-order valence-corrected chi connectivity index (χ3v) is 5.48. The van der Waals surface area contributed by atoms with E-state index in [2.05, 4.69) is 15.0 Å². The summed E-state index contributed by atoms with van der Waals surface area (Å²) >= 11 is 0. The van der Waals surface area contributed by atoms with E-state index in [1.54, 1.807) is 0 Å². The fourth-order valence-electron chi connectivity index (χ4n) is 4.03. The molecule has 0 spiro atoms. The van der Waals surface area contributed by atoms with Crippen molar-refractivity contribution >= 4 is 5.91 Å². The van der Waals surface area contributed by atoms with Gasteiger partial charge in [-0.3, -0.25) is 4.79 Å². The second-order valence-electron chi connectivity index (χ2n) is 7.31. The van der Waals surface area contributed by atoms with Gasteiger partial charge >= 0.3 is 0 Å². The second-order valence-corrected chi connectivity index (χ2v) is 7.31. The van der Waals surface area contributed by atoms with E-state index in [0.717, 1.165) is 56.9 Å². The van der Waals surface area contributed by atoms with Gasteiger partial charge in [-0.25, -0.2) is 0 Å². The maximum absolute atomic E-state index is 12.4. The lowest BCUT2D eigenvalue weighted by Gasteiger charge is -2.22. The van der Waals surface area contributed by atoms with Crippen LogP contribution in [0.1, 0.15) is 69.5 Å². The van der Waals surface area contributed by atoms with Gasteiger partial charge in [0.25, 0.3) is 0 Å². The van der Waals surface area contributed by atoms with E-state index in [1.165, 1.54) is 32.1 Å². The van der Waals surface area contributed by atoms with Crippen LogP contribution in [0.4, 0.5) is 0 Å². The molecule has 0 aromatic carbocycles. The molecule has 1 saturated heterocycles. The van der Waals surface area contributed by atoms with Crippen LogP contribution in [0.2, 0.25) is 0 Å². The van der Waals surface area contributed by atoms with Gasteiger partial charge in [-0.2, -0.15) is 4.98 Å². The van der Waals surface area contributed by atoms with Gasteiger partial charge in [0.15, 0.2) is 5.82 Å². The molecule has 0 N–H and O–H groups in total. The quantitative estimate of drug-likeness (QED) is 0.805. The van der Waals surface area contributed by atoms with Crippen LogP contribution in [-0.2, 0) is 11.2 Å². The van der Waals surface area contributed by atoms with Crippen molar-refractivity contribution < 1.29 is 9.32 Å². The van der Waals surface area contributed by atoms with E-state index in [-0.39, 0.29) is 0 Å². The number of carbonyl (C=O) groups excluding carboxylic acids is 1. The van der Waals surface area contributed by atoms with Crippen LogP contribution >= 0.6 is 0 Å². The van der Waals surface area contributed by atoms with Gasteiger partial charge in [0, 0.05) is 32.9 Å². The molecule has 23 heavy (non-hydrogen) atoms. The molecule has 1 amide bonds. The molecule has 2 heterocycles. The van der Waals surface area contributed by atoms with Crippen LogP contribution in [0.25, 0.3) is 0 Å². The zero-order chi connectivity index (χ0) is 16.1. The zero-order valence-corrected chi connectivity index (χ0v) is 14.3. The smallest absolute Gasteiger partial charge is 0.223 e. The molecule has 0 radical (unpaired) electrons. The fraction of sp³-hybridized carbons (Fsp3) is 0.833. The number of hydrogen-bond acceptors (Lipinski definition) is 4. The van der Waals surface area contributed by atoms with Crippen LogP contribution < -0.4 is 0 Å². The first-order chi connectivity index (χ1) is 11.2. The van der Waals surface area contributed by atoms with Gasteiger partial charge in [0.05, 0.1) is 0 Å². The third kappa shape index (κ3) is 4.79. The number of amides is 1. The summed E-state index contributed by atoms with van der Waals surface area (Å²) in [6.07, 6.45) is 11.6. The molecule has 3 rings (SSSR count). The second kappa shape index (κ2) is 7.93. The molecule has 1 aliphatic heterocycles. The van der Waals surface area contributed by atoms with Crippen molar-refractivity contribution in [2.75, 3.05) is 13.1 Å². The van der Waals surface area contributed by atoms with Gasteiger partial charge in [-0.1, -0.05) is 37.3 Å². The number of aromatic nitrogens is 2. The third-order valence-electron chi connectivity index (χ3n) is 5.48. The van der Waals surface area contributed by atoms with Crippen LogP contribution in [0.15, 0.2) is 4.52 Å². The summed E-state index contributed by atoms with van der Waals surface area (Å²) < 4.78 is 5.00. The van der Waals surface area contributed by atoms with Gasteiger partial charge < -0.3 is 9.42 Å². The van der Waals surface area contributed by atoms with Crippen LogP contribution in [-0.4, -0.2) is 34.0 Å². The Morgan fingerprint density at radius 1 is 1.17 bits per heavy atom. The Bertz CT molecular complexity index is 508. The Labute approximate surface area is 138 Å². The Hall–Kier alpha value is -1.39. The SMILES string of the molecule is Cc1nc(CCC2CCN(C(=O)CCC3CCCCC3)C2)no1. The van der Waals surface area contributed by atoms with Gasteiger partial charge in [0.2, 0.25) is 11.8 Å². The molecule has 1 unspecified atom stereocenters. The largest absolute Gasteiger partial charge is 0.342 e. The molecule has 1 aromatic heterocycles. The van der Waals surface area contributed by atoms with Crippen LogP contribution in [0.3, 0.4) is 0 Å². The maximum Gasteiger partial charge on any atom is 0.223 e. The summed E-state index contributed by atoms with van der Waals surface area (Å²) in [7, 11) is 0. The van der Waals surface area contributed by atoms with E-state index in [0.29, 0.717) is 17.7 Å². The average molecular weight is 319 g/mol. The lowest BCUT2D eigenvalue weighted by Crippen LogP contribution is -2.29. The average Bonchev–Trinajstić information content (AvgIpc) is 3.20. The molecule has 5 nitrogen and oxygen atoms in total. The maximum atomic E-state index is 12.4. The molecule has 2 aliphatic rings. The van der Waals surface area contributed by atoms with Crippen molar-refractivity contribution in [1.29, 1.82) is 0 Å². The monoisotopic (exact) mass is 319 g/mol. The highest BCUT2D eigenvalue weighted by Crippen LogP contribution is 2.28. The lowest BCUT2D eigenvalue weighted by molar-refractivity contribution is -0.130. The van der Waals surface area contributed by atoms with E-state index in [1.807, 2.05) is 6.92 Å². The molecule has 5 heteroatoms. The van der Waals surface area contributed by atoms with E-state index in [4.69, 9.17) is 4.52 Å². The fourth-order valence-corrected chi connectivity index (χ4v) is 4.03. The topological polar surface area (TPSA) is 59.2 Å². The van der Waals surface area contributed by atoms with Gasteiger partial charge in [0.1, 0.15) is 0 Å². The first-order valence-corrected chi connectivity index (χ1v) is 9.27. The Balaban J connectivity index is 1.35. The summed E-state index contributed by atoms with van der Waals surface area (Å²) in [6.45, 7) is 3.67.